The lowest BCUT2D eigenvalue weighted by Gasteiger charge is -2.41. The fraction of sp³-hybridized carbons (Fsp3) is 0.379. The third-order valence-corrected chi connectivity index (χ3v) is 10.3. The zero-order valence-corrected chi connectivity index (χ0v) is 24.0. The van der Waals surface area contributed by atoms with Crippen molar-refractivity contribution >= 4 is 32.7 Å². The van der Waals surface area contributed by atoms with Crippen molar-refractivity contribution in [2.24, 2.45) is 0 Å². The second-order valence-corrected chi connectivity index (χ2v) is 12.8. The Balaban J connectivity index is 1.33. The maximum Gasteiger partial charge on any atom is 0.249 e. The number of rotatable bonds is 7. The summed E-state index contributed by atoms with van der Waals surface area (Å²) in [4.78, 5) is 18.1. The molecule has 0 unspecified atom stereocenters. The average molecular weight is 617 g/mol. The van der Waals surface area contributed by atoms with E-state index in [-0.39, 0.29) is 19.5 Å². The molecule has 43 heavy (non-hydrogen) atoms. The van der Waals surface area contributed by atoms with Crippen molar-refractivity contribution < 1.29 is 30.8 Å². The number of H-pyrrole nitrogens is 1. The molecule has 1 N–H and O–H groups in total. The standard InChI is InChI=1S/C29H28F4N6O3S/c1-16-24(30)26(32)28(27(33)25(16)31)43(41,42)39-12-11-23(39)29(40)38(20-9-10-21-22(13-20)36-37-35-21)15-19-8-7-18(14-34-19)17-5-3-2-4-6-17/h7-10,13-14,17,23H,2-6,11-12,15H2,1H3,(H,35,36,37)/t23-/m1/s1. The van der Waals surface area contributed by atoms with Crippen LogP contribution in [0.3, 0.4) is 0 Å². The van der Waals surface area contributed by atoms with Crippen LogP contribution >= 0.6 is 0 Å². The lowest BCUT2D eigenvalue weighted by Crippen LogP contribution is -2.59. The molecule has 1 saturated heterocycles. The third-order valence-electron chi connectivity index (χ3n) is 8.39. The maximum atomic E-state index is 14.7. The number of anilines is 1. The Kier molecular flexibility index (Phi) is 7.67. The number of nitrogens with one attached hydrogen (secondary N) is 1. The zero-order chi connectivity index (χ0) is 30.5. The lowest BCUT2D eigenvalue weighted by atomic mass is 9.85. The van der Waals surface area contributed by atoms with Gasteiger partial charge in [-0.1, -0.05) is 25.3 Å². The van der Waals surface area contributed by atoms with Crippen molar-refractivity contribution in [3.05, 3.63) is 76.6 Å². The first kappa shape index (κ1) is 29.2. The van der Waals surface area contributed by atoms with Crippen LogP contribution in [0.5, 0.6) is 0 Å². The minimum Gasteiger partial charge on any atom is -0.305 e. The molecule has 3 heterocycles. The summed E-state index contributed by atoms with van der Waals surface area (Å²) >= 11 is 0. The van der Waals surface area contributed by atoms with E-state index in [9.17, 15) is 30.8 Å². The molecule has 1 atom stereocenters. The van der Waals surface area contributed by atoms with Crippen LogP contribution in [-0.2, 0) is 21.4 Å². The summed E-state index contributed by atoms with van der Waals surface area (Å²) in [5.74, 6) is -7.98. The molecule has 14 heteroatoms. The maximum absolute atomic E-state index is 14.7. The number of amides is 1. The molecule has 2 aromatic carbocycles. The number of sulfonamides is 1. The molecule has 1 saturated carbocycles. The summed E-state index contributed by atoms with van der Waals surface area (Å²) in [7, 11) is -5.14. The van der Waals surface area contributed by atoms with Gasteiger partial charge in [-0.3, -0.25) is 9.78 Å². The van der Waals surface area contributed by atoms with Crippen LogP contribution in [0.15, 0.2) is 41.4 Å². The number of hydrogen-bond acceptors (Lipinski definition) is 6. The van der Waals surface area contributed by atoms with Gasteiger partial charge in [0.1, 0.15) is 17.1 Å². The predicted molar refractivity (Wildman–Crippen MR) is 148 cm³/mol. The topological polar surface area (TPSA) is 112 Å². The summed E-state index contributed by atoms with van der Waals surface area (Å²) in [5.41, 5.74) is 2.00. The minimum absolute atomic E-state index is 0.0227. The molecular weight excluding hydrogens is 588 g/mol. The first-order valence-electron chi connectivity index (χ1n) is 14.0. The van der Waals surface area contributed by atoms with Crippen LogP contribution in [-0.4, -0.2) is 51.6 Å². The Hall–Kier alpha value is -3.91. The van der Waals surface area contributed by atoms with Crippen LogP contribution in [0.4, 0.5) is 23.2 Å². The van der Waals surface area contributed by atoms with Crippen LogP contribution in [0, 0.1) is 30.2 Å². The second kappa shape index (κ2) is 11.3. The van der Waals surface area contributed by atoms with Gasteiger partial charge in [0.25, 0.3) is 0 Å². The van der Waals surface area contributed by atoms with Crippen molar-refractivity contribution in [2.75, 3.05) is 11.4 Å². The Labute approximate surface area is 245 Å². The molecule has 226 valence electrons. The normalized spacial score (nSPS) is 18.1. The number of pyridine rings is 1. The van der Waals surface area contributed by atoms with Crippen molar-refractivity contribution in [1.82, 2.24) is 24.7 Å². The van der Waals surface area contributed by atoms with Crippen LogP contribution in [0.2, 0.25) is 0 Å². The van der Waals surface area contributed by atoms with Gasteiger partial charge in [0.2, 0.25) is 15.9 Å². The number of hydrogen-bond donors (Lipinski definition) is 1. The molecule has 0 spiro atoms. The first-order valence-corrected chi connectivity index (χ1v) is 15.4. The van der Waals surface area contributed by atoms with Crippen LogP contribution in [0.25, 0.3) is 11.0 Å². The van der Waals surface area contributed by atoms with E-state index >= 15 is 0 Å². The van der Waals surface area contributed by atoms with Gasteiger partial charge in [-0.2, -0.15) is 19.7 Å². The van der Waals surface area contributed by atoms with Crippen molar-refractivity contribution in [1.29, 1.82) is 0 Å². The van der Waals surface area contributed by atoms with E-state index in [4.69, 9.17) is 0 Å². The van der Waals surface area contributed by atoms with Crippen molar-refractivity contribution in [2.45, 2.75) is 68.8 Å². The minimum atomic E-state index is -5.14. The highest BCUT2D eigenvalue weighted by molar-refractivity contribution is 7.89. The number of aromatic nitrogens is 4. The van der Waals surface area contributed by atoms with Gasteiger partial charge in [0, 0.05) is 24.0 Å². The van der Waals surface area contributed by atoms with E-state index in [0.717, 1.165) is 38.2 Å². The first-order chi connectivity index (χ1) is 20.6. The SMILES string of the molecule is Cc1c(F)c(F)c(S(=O)(=O)N2CC[C@@H]2C(=O)N(Cc2ccc(C3CCCCC3)cn2)c2ccc3n[nH]nc3c2)c(F)c1F. The van der Waals surface area contributed by atoms with Gasteiger partial charge < -0.3 is 4.90 Å². The molecule has 1 amide bonds. The molecule has 9 nitrogen and oxygen atoms in total. The Morgan fingerprint density at radius 3 is 2.28 bits per heavy atom. The molecule has 2 aromatic heterocycles. The monoisotopic (exact) mass is 616 g/mol. The van der Waals surface area contributed by atoms with Gasteiger partial charge in [0.05, 0.1) is 12.2 Å². The van der Waals surface area contributed by atoms with Gasteiger partial charge in [-0.05, 0) is 61.9 Å². The summed E-state index contributed by atoms with van der Waals surface area (Å²) in [6.07, 6.45) is 7.54. The number of nitrogens with zero attached hydrogens (tertiary/aromatic N) is 5. The fourth-order valence-electron chi connectivity index (χ4n) is 5.80. The molecule has 0 radical (unpaired) electrons. The molecule has 1 aliphatic carbocycles. The van der Waals surface area contributed by atoms with Gasteiger partial charge in [-0.25, -0.2) is 26.0 Å². The number of fused-ring (bicyclic) bond motifs is 1. The molecule has 0 bridgehead atoms. The molecule has 2 aliphatic rings. The largest absolute Gasteiger partial charge is 0.305 e. The van der Waals surface area contributed by atoms with Crippen molar-refractivity contribution in [3.63, 3.8) is 0 Å². The summed E-state index contributed by atoms with van der Waals surface area (Å²) in [5, 5.41) is 10.6. The van der Waals surface area contributed by atoms with Crippen LogP contribution < -0.4 is 4.90 Å². The van der Waals surface area contributed by atoms with Gasteiger partial charge >= 0.3 is 0 Å². The Morgan fingerprint density at radius 1 is 0.953 bits per heavy atom. The van der Waals surface area contributed by atoms with Gasteiger partial charge in [0.15, 0.2) is 28.2 Å². The van der Waals surface area contributed by atoms with E-state index < -0.39 is 55.7 Å². The molecule has 2 fully saturated rings. The van der Waals surface area contributed by atoms with E-state index in [1.54, 1.807) is 24.4 Å². The number of halogens is 4. The predicted octanol–water partition coefficient (Wildman–Crippen LogP) is 5.26. The molecule has 4 aromatic rings. The Morgan fingerprint density at radius 2 is 1.65 bits per heavy atom. The van der Waals surface area contributed by atoms with Gasteiger partial charge in [-0.15, -0.1) is 0 Å². The highest BCUT2D eigenvalue weighted by atomic mass is 32.2. The van der Waals surface area contributed by atoms with E-state index in [1.165, 1.54) is 11.3 Å². The average Bonchev–Trinajstić information content (AvgIpc) is 3.46. The molecule has 1 aliphatic heterocycles. The number of carbonyl (C=O) groups excluding carboxylic acids is 1. The van der Waals surface area contributed by atoms with E-state index in [0.29, 0.717) is 32.6 Å². The van der Waals surface area contributed by atoms with Crippen LogP contribution in [0.1, 0.15) is 61.3 Å². The quantitative estimate of drug-likeness (QED) is 0.224. The van der Waals surface area contributed by atoms with Crippen molar-refractivity contribution in [3.8, 4) is 0 Å². The number of aromatic amines is 1. The Bertz CT molecular complexity index is 1780. The number of benzene rings is 2. The summed E-state index contributed by atoms with van der Waals surface area (Å²) in [6.45, 7) is 0.468. The molecular formula is C29H28F4N6O3S. The highest BCUT2D eigenvalue weighted by Gasteiger charge is 2.47. The zero-order valence-electron chi connectivity index (χ0n) is 23.2. The fourth-order valence-corrected chi connectivity index (χ4v) is 7.55. The summed E-state index contributed by atoms with van der Waals surface area (Å²) < 4.78 is 85.3. The highest BCUT2D eigenvalue weighted by Crippen LogP contribution is 2.36. The smallest absolute Gasteiger partial charge is 0.249 e. The second-order valence-electron chi connectivity index (χ2n) is 11.0. The molecule has 6 rings (SSSR count). The van der Waals surface area contributed by atoms with E-state index in [2.05, 4.69) is 20.4 Å². The third kappa shape index (κ3) is 5.16. The summed E-state index contributed by atoms with van der Waals surface area (Å²) in [6, 6.07) is 7.25. The van der Waals surface area contributed by atoms with E-state index in [1.807, 2.05) is 12.1 Å². The lowest BCUT2D eigenvalue weighted by molar-refractivity contribution is -0.125. The number of carbonyl (C=O) groups is 1.